The Balaban J connectivity index is 1.90. The number of carbonyl (C=O) groups excluding carboxylic acids is 1. The molecule has 0 radical (unpaired) electrons. The van der Waals surface area contributed by atoms with Crippen LogP contribution in [-0.4, -0.2) is 34.2 Å². The SMILES string of the molecule is Cc1cccc(NC(=O)CN(C)Cc2cnn(C)c2)c1C. The van der Waals surface area contributed by atoms with Gasteiger partial charge in [0.05, 0.1) is 12.7 Å². The van der Waals surface area contributed by atoms with Crippen molar-refractivity contribution in [1.82, 2.24) is 14.7 Å². The summed E-state index contributed by atoms with van der Waals surface area (Å²) >= 11 is 0. The number of aryl methyl sites for hydroxylation is 2. The van der Waals surface area contributed by atoms with Crippen molar-refractivity contribution in [2.45, 2.75) is 20.4 Å². The Kier molecular flexibility index (Phi) is 4.75. The Morgan fingerprint density at radius 1 is 1.38 bits per heavy atom. The van der Waals surface area contributed by atoms with Crippen molar-refractivity contribution in [3.05, 3.63) is 47.3 Å². The molecule has 0 atom stereocenters. The average molecular weight is 286 g/mol. The maximum atomic E-state index is 12.1. The first-order chi connectivity index (χ1) is 9.95. The van der Waals surface area contributed by atoms with Gasteiger partial charge >= 0.3 is 0 Å². The number of benzene rings is 1. The van der Waals surface area contributed by atoms with E-state index in [1.165, 1.54) is 5.56 Å². The van der Waals surface area contributed by atoms with E-state index in [9.17, 15) is 4.79 Å². The minimum atomic E-state index is -0.00455. The van der Waals surface area contributed by atoms with Gasteiger partial charge in [0, 0.05) is 31.0 Å². The number of carbonyl (C=O) groups is 1. The normalized spacial score (nSPS) is 10.9. The Morgan fingerprint density at radius 3 is 2.81 bits per heavy atom. The molecule has 2 aromatic rings. The fourth-order valence-corrected chi connectivity index (χ4v) is 2.24. The van der Waals surface area contributed by atoms with Crippen molar-refractivity contribution < 1.29 is 4.79 Å². The standard InChI is InChI=1S/C16H22N4O/c1-12-6-5-7-15(13(12)2)18-16(21)11-19(3)9-14-8-17-20(4)10-14/h5-8,10H,9,11H2,1-4H3,(H,18,21). The van der Waals surface area contributed by atoms with Gasteiger partial charge in [-0.05, 0) is 38.1 Å². The van der Waals surface area contributed by atoms with Gasteiger partial charge in [-0.2, -0.15) is 5.10 Å². The smallest absolute Gasteiger partial charge is 0.238 e. The van der Waals surface area contributed by atoms with E-state index < -0.39 is 0 Å². The van der Waals surface area contributed by atoms with Crippen molar-refractivity contribution in [2.75, 3.05) is 18.9 Å². The van der Waals surface area contributed by atoms with Gasteiger partial charge in [0.15, 0.2) is 0 Å². The minimum Gasteiger partial charge on any atom is -0.325 e. The van der Waals surface area contributed by atoms with Crippen LogP contribution in [0.4, 0.5) is 5.69 Å². The van der Waals surface area contributed by atoms with Crippen LogP contribution in [0.3, 0.4) is 0 Å². The van der Waals surface area contributed by atoms with Crippen LogP contribution in [0.15, 0.2) is 30.6 Å². The van der Waals surface area contributed by atoms with Crippen LogP contribution in [0.1, 0.15) is 16.7 Å². The molecule has 0 bridgehead atoms. The monoisotopic (exact) mass is 286 g/mol. The third kappa shape index (κ3) is 4.16. The number of anilines is 1. The quantitative estimate of drug-likeness (QED) is 0.916. The lowest BCUT2D eigenvalue weighted by atomic mass is 10.1. The summed E-state index contributed by atoms with van der Waals surface area (Å²) in [6.07, 6.45) is 3.78. The van der Waals surface area contributed by atoms with Crippen molar-refractivity contribution in [2.24, 2.45) is 7.05 Å². The van der Waals surface area contributed by atoms with Gasteiger partial charge in [-0.25, -0.2) is 0 Å². The molecule has 0 spiro atoms. The molecule has 0 unspecified atom stereocenters. The molecule has 0 aliphatic carbocycles. The van der Waals surface area contributed by atoms with Crippen molar-refractivity contribution in [3.8, 4) is 0 Å². The lowest BCUT2D eigenvalue weighted by Gasteiger charge is -2.16. The zero-order valence-corrected chi connectivity index (χ0v) is 13.1. The van der Waals surface area contributed by atoms with E-state index >= 15 is 0 Å². The van der Waals surface area contributed by atoms with Crippen LogP contribution >= 0.6 is 0 Å². The molecular formula is C16H22N4O. The fraction of sp³-hybridized carbons (Fsp3) is 0.375. The fourth-order valence-electron chi connectivity index (χ4n) is 2.24. The molecule has 1 aromatic carbocycles. The van der Waals surface area contributed by atoms with Crippen LogP contribution in [0.25, 0.3) is 0 Å². The summed E-state index contributed by atoms with van der Waals surface area (Å²) in [6, 6.07) is 5.93. The minimum absolute atomic E-state index is 0.00455. The van der Waals surface area contributed by atoms with Crippen molar-refractivity contribution >= 4 is 11.6 Å². The highest BCUT2D eigenvalue weighted by Crippen LogP contribution is 2.17. The van der Waals surface area contributed by atoms with Crippen LogP contribution in [0.5, 0.6) is 0 Å². The van der Waals surface area contributed by atoms with E-state index in [-0.39, 0.29) is 5.91 Å². The molecule has 112 valence electrons. The van der Waals surface area contributed by atoms with Gasteiger partial charge in [0.1, 0.15) is 0 Å². The molecular weight excluding hydrogens is 264 g/mol. The van der Waals surface area contributed by atoms with Gasteiger partial charge < -0.3 is 5.32 Å². The number of nitrogens with zero attached hydrogens (tertiary/aromatic N) is 3. The maximum absolute atomic E-state index is 12.1. The first kappa shape index (κ1) is 15.3. The van der Waals surface area contributed by atoms with Gasteiger partial charge in [0.25, 0.3) is 0 Å². The molecule has 0 saturated heterocycles. The lowest BCUT2D eigenvalue weighted by Crippen LogP contribution is -2.30. The number of hydrogen-bond donors (Lipinski definition) is 1. The predicted octanol–water partition coefficient (Wildman–Crippen LogP) is 2.11. The molecule has 0 saturated carbocycles. The Hall–Kier alpha value is -2.14. The molecule has 21 heavy (non-hydrogen) atoms. The average Bonchev–Trinajstić information content (AvgIpc) is 2.80. The third-order valence-electron chi connectivity index (χ3n) is 3.50. The lowest BCUT2D eigenvalue weighted by molar-refractivity contribution is -0.117. The summed E-state index contributed by atoms with van der Waals surface area (Å²) in [7, 11) is 3.81. The maximum Gasteiger partial charge on any atom is 0.238 e. The molecule has 5 heteroatoms. The highest BCUT2D eigenvalue weighted by Gasteiger charge is 2.10. The predicted molar refractivity (Wildman–Crippen MR) is 84.1 cm³/mol. The van der Waals surface area contributed by atoms with Crippen LogP contribution < -0.4 is 5.32 Å². The molecule has 5 nitrogen and oxygen atoms in total. The summed E-state index contributed by atoms with van der Waals surface area (Å²) in [5.41, 5.74) is 4.27. The van der Waals surface area contributed by atoms with Gasteiger partial charge in [-0.1, -0.05) is 12.1 Å². The van der Waals surface area contributed by atoms with Gasteiger partial charge in [0.2, 0.25) is 5.91 Å². The molecule has 1 heterocycles. The molecule has 1 aromatic heterocycles. The first-order valence-corrected chi connectivity index (χ1v) is 6.98. The number of hydrogen-bond acceptors (Lipinski definition) is 3. The molecule has 0 aliphatic heterocycles. The molecule has 0 aliphatic rings. The zero-order valence-electron chi connectivity index (χ0n) is 13.1. The summed E-state index contributed by atoms with van der Waals surface area (Å²) in [6.45, 7) is 5.11. The first-order valence-electron chi connectivity index (χ1n) is 6.98. The second-order valence-corrected chi connectivity index (χ2v) is 5.49. The van der Waals surface area contributed by atoms with Crippen molar-refractivity contribution in [3.63, 3.8) is 0 Å². The van der Waals surface area contributed by atoms with Crippen LogP contribution in [0, 0.1) is 13.8 Å². The highest BCUT2D eigenvalue weighted by molar-refractivity contribution is 5.93. The van der Waals surface area contributed by atoms with Gasteiger partial charge in [-0.15, -0.1) is 0 Å². The summed E-state index contributed by atoms with van der Waals surface area (Å²) in [5.74, 6) is -0.00455. The Bertz CT molecular complexity index is 633. The van der Waals surface area contributed by atoms with E-state index in [1.54, 1.807) is 4.68 Å². The van der Waals surface area contributed by atoms with E-state index in [4.69, 9.17) is 0 Å². The number of rotatable bonds is 5. The summed E-state index contributed by atoms with van der Waals surface area (Å²) < 4.78 is 1.76. The third-order valence-corrected chi connectivity index (χ3v) is 3.50. The summed E-state index contributed by atoms with van der Waals surface area (Å²) in [4.78, 5) is 14.1. The topological polar surface area (TPSA) is 50.2 Å². The summed E-state index contributed by atoms with van der Waals surface area (Å²) in [5, 5.41) is 7.10. The number of aromatic nitrogens is 2. The van der Waals surface area contributed by atoms with Crippen molar-refractivity contribution in [1.29, 1.82) is 0 Å². The molecule has 0 fully saturated rings. The Labute approximate surface area is 125 Å². The molecule has 2 rings (SSSR count). The van der Waals surface area contributed by atoms with E-state index in [2.05, 4.69) is 10.4 Å². The van der Waals surface area contributed by atoms with Crippen LogP contribution in [-0.2, 0) is 18.4 Å². The number of nitrogens with one attached hydrogen (secondary N) is 1. The van der Waals surface area contributed by atoms with Crippen LogP contribution in [0.2, 0.25) is 0 Å². The largest absolute Gasteiger partial charge is 0.325 e. The Morgan fingerprint density at radius 2 is 2.14 bits per heavy atom. The van der Waals surface area contributed by atoms with Gasteiger partial charge in [-0.3, -0.25) is 14.4 Å². The van der Waals surface area contributed by atoms with E-state index in [0.29, 0.717) is 13.1 Å². The zero-order chi connectivity index (χ0) is 15.4. The highest BCUT2D eigenvalue weighted by atomic mass is 16.2. The molecule has 1 N–H and O–H groups in total. The second-order valence-electron chi connectivity index (χ2n) is 5.49. The number of amides is 1. The second kappa shape index (κ2) is 6.54. The van der Waals surface area contributed by atoms with E-state index in [0.717, 1.165) is 16.8 Å². The number of likely N-dealkylation sites (N-methyl/N-ethyl adjacent to an activating group) is 1. The van der Waals surface area contributed by atoms with E-state index in [1.807, 2.05) is 63.4 Å². The molecule has 1 amide bonds.